The summed E-state index contributed by atoms with van der Waals surface area (Å²) in [6, 6.07) is 7.78. The summed E-state index contributed by atoms with van der Waals surface area (Å²) in [6.45, 7) is 1.98. The molecule has 0 unspecified atom stereocenters. The number of imide groups is 2. The van der Waals surface area contributed by atoms with Gasteiger partial charge in [0, 0.05) is 56.2 Å². The van der Waals surface area contributed by atoms with Crippen molar-refractivity contribution >= 4 is 57.7 Å². The van der Waals surface area contributed by atoms with Crippen LogP contribution < -0.4 is 20.3 Å². The molecule has 2 aromatic heterocycles. The number of hydrogen-bond acceptors (Lipinski definition) is 10. The van der Waals surface area contributed by atoms with Crippen molar-refractivity contribution in [1.29, 1.82) is 0 Å². The smallest absolute Gasteiger partial charge is 0.433 e. The molecule has 4 aromatic rings. The molecule has 1 aliphatic carbocycles. The van der Waals surface area contributed by atoms with Crippen molar-refractivity contribution in [2.75, 3.05) is 43.5 Å². The molecule has 0 radical (unpaired) electrons. The Kier molecular flexibility index (Phi) is 9.81. The SMILES string of the molecule is COc1cc2nn(C3CC4(CCN(C(=O)C5CCN(c6cc7c(cc6F)C(=O)N([C@H]6CCC(=O)NC6=O)C7=O)CC5)CC4)C3)cc2cc1NC(=O)c1cccc(C(F)(F)F)n1. The molecule has 61 heavy (non-hydrogen) atoms. The summed E-state index contributed by atoms with van der Waals surface area (Å²) in [5.41, 5.74) is -0.593. The molecule has 5 aliphatic rings. The van der Waals surface area contributed by atoms with E-state index in [-0.39, 0.29) is 64.4 Å². The third kappa shape index (κ3) is 7.22. The number of amides is 6. The van der Waals surface area contributed by atoms with Gasteiger partial charge in [-0.3, -0.25) is 43.7 Å². The Morgan fingerprint density at radius 3 is 2.31 bits per heavy atom. The molecule has 1 saturated carbocycles. The maximum Gasteiger partial charge on any atom is 0.433 e. The summed E-state index contributed by atoms with van der Waals surface area (Å²) in [5, 5.41) is 10.2. The molecule has 19 heteroatoms. The number of fused-ring (bicyclic) bond motifs is 2. The van der Waals surface area contributed by atoms with E-state index in [0.717, 1.165) is 48.8 Å². The Labute approximate surface area is 345 Å². The van der Waals surface area contributed by atoms with Crippen LogP contribution in [0.25, 0.3) is 10.9 Å². The molecule has 318 valence electrons. The first-order valence-electron chi connectivity index (χ1n) is 20.1. The summed E-state index contributed by atoms with van der Waals surface area (Å²) in [5.74, 6) is -4.10. The summed E-state index contributed by atoms with van der Waals surface area (Å²) < 4.78 is 62.4. The van der Waals surface area contributed by atoms with Crippen molar-refractivity contribution in [3.63, 3.8) is 0 Å². The highest BCUT2D eigenvalue weighted by molar-refractivity contribution is 6.23. The molecule has 2 N–H and O–H groups in total. The Hall–Kier alpha value is -6.40. The van der Waals surface area contributed by atoms with Crippen LogP contribution in [0.1, 0.15) is 94.3 Å². The zero-order valence-corrected chi connectivity index (χ0v) is 32.9. The second kappa shape index (κ2) is 14.9. The quantitative estimate of drug-likeness (QED) is 0.188. The second-order valence-electron chi connectivity index (χ2n) is 16.5. The second-order valence-corrected chi connectivity index (χ2v) is 16.5. The van der Waals surface area contributed by atoms with E-state index in [1.165, 1.54) is 19.2 Å². The van der Waals surface area contributed by atoms with E-state index in [4.69, 9.17) is 9.84 Å². The van der Waals surface area contributed by atoms with Crippen LogP contribution in [0, 0.1) is 17.2 Å². The number of likely N-dealkylation sites (tertiary alicyclic amines) is 1. The van der Waals surface area contributed by atoms with Crippen molar-refractivity contribution in [3.05, 3.63) is 77.0 Å². The first kappa shape index (κ1) is 40.0. The molecule has 6 amide bonds. The summed E-state index contributed by atoms with van der Waals surface area (Å²) in [7, 11) is 1.42. The van der Waals surface area contributed by atoms with Gasteiger partial charge in [-0.1, -0.05) is 6.07 Å². The lowest BCUT2D eigenvalue weighted by Crippen LogP contribution is -2.54. The normalized spacial score (nSPS) is 20.9. The average molecular weight is 845 g/mol. The number of pyridine rings is 1. The molecule has 3 saturated heterocycles. The van der Waals surface area contributed by atoms with Crippen molar-refractivity contribution in [2.45, 2.75) is 69.6 Å². The highest BCUT2D eigenvalue weighted by Crippen LogP contribution is 2.55. The van der Waals surface area contributed by atoms with Crippen molar-refractivity contribution in [2.24, 2.45) is 11.3 Å². The van der Waals surface area contributed by atoms with E-state index in [1.54, 1.807) is 17.0 Å². The van der Waals surface area contributed by atoms with Crippen molar-refractivity contribution in [3.8, 4) is 5.75 Å². The fraction of sp³-hybridized carbons (Fsp3) is 0.429. The molecular weight excluding hydrogens is 805 g/mol. The number of carbonyl (C=O) groups excluding carboxylic acids is 6. The van der Waals surface area contributed by atoms with Gasteiger partial charge in [0.25, 0.3) is 17.7 Å². The number of carbonyl (C=O) groups is 6. The number of nitrogens with zero attached hydrogens (tertiary/aromatic N) is 6. The number of aromatic nitrogens is 3. The van der Waals surface area contributed by atoms with E-state index in [0.29, 0.717) is 49.9 Å². The van der Waals surface area contributed by atoms with Crippen LogP contribution in [0.5, 0.6) is 5.75 Å². The predicted octanol–water partition coefficient (Wildman–Crippen LogP) is 5.11. The van der Waals surface area contributed by atoms with Crippen LogP contribution >= 0.6 is 0 Å². The number of methoxy groups -OCH3 is 1. The van der Waals surface area contributed by atoms with Gasteiger partial charge in [-0.05, 0) is 80.7 Å². The molecule has 1 spiro atoms. The first-order chi connectivity index (χ1) is 29.1. The van der Waals surface area contributed by atoms with Crippen LogP contribution in [0.2, 0.25) is 0 Å². The Morgan fingerprint density at radius 2 is 1.64 bits per heavy atom. The highest BCUT2D eigenvalue weighted by Gasteiger charge is 2.49. The molecule has 1 atom stereocenters. The fourth-order valence-corrected chi connectivity index (χ4v) is 9.51. The molecule has 9 rings (SSSR count). The van der Waals surface area contributed by atoms with Gasteiger partial charge in [-0.15, -0.1) is 0 Å². The minimum atomic E-state index is -4.70. The number of halogens is 4. The van der Waals surface area contributed by atoms with Gasteiger partial charge in [0.1, 0.15) is 29.0 Å². The van der Waals surface area contributed by atoms with Crippen LogP contribution in [-0.4, -0.2) is 99.3 Å². The number of ether oxygens (including phenoxy) is 1. The van der Waals surface area contributed by atoms with E-state index >= 15 is 4.39 Å². The maximum absolute atomic E-state index is 15.5. The van der Waals surface area contributed by atoms with E-state index < -0.39 is 59.0 Å². The third-order valence-corrected chi connectivity index (χ3v) is 12.9. The van der Waals surface area contributed by atoms with Gasteiger partial charge in [0.2, 0.25) is 17.7 Å². The molecule has 15 nitrogen and oxygen atoms in total. The number of nitrogens with one attached hydrogen (secondary N) is 2. The highest BCUT2D eigenvalue weighted by atomic mass is 19.4. The van der Waals surface area contributed by atoms with Gasteiger partial charge in [-0.25, -0.2) is 9.37 Å². The number of benzene rings is 2. The molecule has 6 heterocycles. The van der Waals surface area contributed by atoms with Crippen LogP contribution in [-0.2, 0) is 20.6 Å². The number of rotatable bonds is 7. The summed E-state index contributed by atoms with van der Waals surface area (Å²) in [6.07, 6.45) is 1.54. The molecule has 4 aliphatic heterocycles. The summed E-state index contributed by atoms with van der Waals surface area (Å²) >= 11 is 0. The third-order valence-electron chi connectivity index (χ3n) is 12.9. The lowest BCUT2D eigenvalue weighted by molar-refractivity contribution is -0.141. The van der Waals surface area contributed by atoms with Gasteiger partial charge in [0.05, 0.1) is 41.2 Å². The lowest BCUT2D eigenvalue weighted by Gasteiger charge is -2.52. The summed E-state index contributed by atoms with van der Waals surface area (Å²) in [4.78, 5) is 85.0. The van der Waals surface area contributed by atoms with Crippen LogP contribution in [0.15, 0.2) is 48.7 Å². The maximum atomic E-state index is 15.5. The lowest BCUT2D eigenvalue weighted by atomic mass is 9.60. The van der Waals surface area contributed by atoms with Crippen molar-refractivity contribution < 1.29 is 51.1 Å². The standard InChI is InChI=1S/C42H40F4N8O7/c1-61-33-18-29-23(15-30(33)48-36(56)28-3-2-4-34(47-28)42(44,45)46)21-53(50-29)24-19-41(20-24)9-13-52(14-10-41)38(58)22-7-11-51(12-8-22)32-17-26-25(16-27(32)43)39(59)54(40(26)60)31-5-6-35(55)49-37(31)57/h2-4,15-18,21-22,24,31H,5-14,19-20H2,1H3,(H,48,56)(H,49,55,57)/t31-/m0/s1. The van der Waals surface area contributed by atoms with Gasteiger partial charge in [0.15, 0.2) is 0 Å². The van der Waals surface area contributed by atoms with E-state index in [9.17, 15) is 41.9 Å². The van der Waals surface area contributed by atoms with E-state index in [2.05, 4.69) is 15.6 Å². The fourth-order valence-electron chi connectivity index (χ4n) is 9.51. The average Bonchev–Trinajstić information content (AvgIpc) is 3.75. The molecule has 2 aromatic carbocycles. The van der Waals surface area contributed by atoms with Gasteiger partial charge < -0.3 is 19.9 Å². The number of hydrogen-bond donors (Lipinski definition) is 2. The van der Waals surface area contributed by atoms with Gasteiger partial charge in [-0.2, -0.15) is 18.3 Å². The Bertz CT molecular complexity index is 2520. The largest absolute Gasteiger partial charge is 0.494 e. The van der Waals surface area contributed by atoms with Crippen LogP contribution in [0.3, 0.4) is 0 Å². The Balaban J connectivity index is 0.780. The van der Waals surface area contributed by atoms with Gasteiger partial charge >= 0.3 is 6.18 Å². The predicted molar refractivity (Wildman–Crippen MR) is 208 cm³/mol. The van der Waals surface area contributed by atoms with Crippen LogP contribution in [0.4, 0.5) is 28.9 Å². The van der Waals surface area contributed by atoms with Crippen molar-refractivity contribution in [1.82, 2.24) is 29.9 Å². The number of piperidine rings is 3. The minimum absolute atomic E-state index is 0.00144. The van der Waals surface area contributed by atoms with E-state index in [1.807, 2.05) is 15.8 Å². The molecule has 0 bridgehead atoms. The number of alkyl halides is 3. The zero-order valence-electron chi connectivity index (χ0n) is 32.9. The zero-order chi connectivity index (χ0) is 43.0. The first-order valence-corrected chi connectivity index (χ1v) is 20.1. The molecule has 4 fully saturated rings. The Morgan fingerprint density at radius 1 is 0.934 bits per heavy atom. The number of anilines is 2. The minimum Gasteiger partial charge on any atom is -0.494 e. The molecular formula is C42H40F4N8O7. The topological polar surface area (TPSA) is 176 Å². The monoisotopic (exact) mass is 844 g/mol.